The fraction of sp³-hybridized carbons (Fsp3) is 0.286. The Bertz CT molecular complexity index is 538. The predicted molar refractivity (Wildman–Crippen MR) is 78.4 cm³/mol. The second-order valence-corrected chi connectivity index (χ2v) is 6.25. The van der Waals surface area contributed by atoms with Crippen molar-refractivity contribution in [3.63, 3.8) is 0 Å². The molecule has 0 bridgehead atoms. The molecule has 2 aromatic rings. The minimum Gasteiger partial charge on any atom is -0.305 e. The Morgan fingerprint density at radius 1 is 1.39 bits per heavy atom. The minimum atomic E-state index is -0.139. The third-order valence-electron chi connectivity index (χ3n) is 2.90. The largest absolute Gasteiger partial charge is 0.305 e. The van der Waals surface area contributed by atoms with E-state index in [4.69, 9.17) is 0 Å². The van der Waals surface area contributed by atoms with Crippen molar-refractivity contribution in [3.8, 4) is 0 Å². The summed E-state index contributed by atoms with van der Waals surface area (Å²) in [6.45, 7) is 4.63. The van der Waals surface area contributed by atoms with Crippen molar-refractivity contribution in [2.45, 2.75) is 26.4 Å². The van der Waals surface area contributed by atoms with Crippen LogP contribution in [0.5, 0.6) is 0 Å². The van der Waals surface area contributed by atoms with E-state index < -0.39 is 0 Å². The zero-order valence-electron chi connectivity index (χ0n) is 10.3. The van der Waals surface area contributed by atoms with Crippen LogP contribution in [0.4, 0.5) is 4.39 Å². The van der Waals surface area contributed by atoms with Gasteiger partial charge < -0.3 is 5.32 Å². The molecule has 0 aliphatic rings. The van der Waals surface area contributed by atoms with Crippen LogP contribution in [0, 0.1) is 12.7 Å². The fourth-order valence-corrected chi connectivity index (χ4v) is 3.10. The SMILES string of the molecule is Cc1ccc(C(C)NCc2cc(Br)cs2)cc1F. The summed E-state index contributed by atoms with van der Waals surface area (Å²) in [4.78, 5) is 1.27. The van der Waals surface area contributed by atoms with Crippen LogP contribution in [0.15, 0.2) is 34.1 Å². The average Bonchev–Trinajstić information content (AvgIpc) is 2.75. The molecule has 1 aromatic heterocycles. The summed E-state index contributed by atoms with van der Waals surface area (Å²) in [5.41, 5.74) is 1.67. The van der Waals surface area contributed by atoms with Gasteiger partial charge in [0.1, 0.15) is 5.82 Å². The normalized spacial score (nSPS) is 12.7. The summed E-state index contributed by atoms with van der Waals surface area (Å²) in [7, 11) is 0. The Hall–Kier alpha value is -0.710. The van der Waals surface area contributed by atoms with Gasteiger partial charge in [0.05, 0.1) is 0 Å². The van der Waals surface area contributed by atoms with E-state index in [1.807, 2.05) is 19.1 Å². The molecular formula is C14H15BrFNS. The highest BCUT2D eigenvalue weighted by Crippen LogP contribution is 2.21. The highest BCUT2D eigenvalue weighted by molar-refractivity contribution is 9.10. The summed E-state index contributed by atoms with van der Waals surface area (Å²) in [6.07, 6.45) is 0. The van der Waals surface area contributed by atoms with Gasteiger partial charge in [0.2, 0.25) is 0 Å². The monoisotopic (exact) mass is 327 g/mol. The van der Waals surface area contributed by atoms with E-state index in [1.165, 1.54) is 4.88 Å². The fourth-order valence-electron chi connectivity index (χ4n) is 1.70. The minimum absolute atomic E-state index is 0.139. The summed E-state index contributed by atoms with van der Waals surface area (Å²) < 4.78 is 14.6. The molecular weight excluding hydrogens is 313 g/mol. The highest BCUT2D eigenvalue weighted by Gasteiger charge is 2.08. The van der Waals surface area contributed by atoms with Gasteiger partial charge in [-0.3, -0.25) is 0 Å². The van der Waals surface area contributed by atoms with Crippen LogP contribution in [0.1, 0.15) is 29.0 Å². The molecule has 0 aliphatic heterocycles. The number of benzene rings is 1. The molecule has 2 rings (SSSR count). The summed E-state index contributed by atoms with van der Waals surface area (Å²) >= 11 is 5.14. The summed E-state index contributed by atoms with van der Waals surface area (Å²) in [5.74, 6) is -0.139. The van der Waals surface area contributed by atoms with E-state index in [0.29, 0.717) is 5.56 Å². The van der Waals surface area contributed by atoms with Gasteiger partial charge in [-0.15, -0.1) is 11.3 Å². The van der Waals surface area contributed by atoms with Crippen molar-refractivity contribution in [2.75, 3.05) is 0 Å². The van der Waals surface area contributed by atoms with E-state index in [9.17, 15) is 4.39 Å². The molecule has 1 atom stereocenters. The Kier molecular flexibility index (Phi) is 4.54. The molecule has 1 unspecified atom stereocenters. The zero-order chi connectivity index (χ0) is 13.1. The number of hydrogen-bond acceptors (Lipinski definition) is 2. The van der Waals surface area contributed by atoms with E-state index in [0.717, 1.165) is 16.6 Å². The first kappa shape index (κ1) is 13.7. The van der Waals surface area contributed by atoms with Crippen molar-refractivity contribution in [2.24, 2.45) is 0 Å². The number of rotatable bonds is 4. The highest BCUT2D eigenvalue weighted by atomic mass is 79.9. The van der Waals surface area contributed by atoms with Gasteiger partial charge >= 0.3 is 0 Å². The molecule has 0 fully saturated rings. The molecule has 0 radical (unpaired) electrons. The van der Waals surface area contributed by atoms with Crippen LogP contribution in [-0.2, 0) is 6.54 Å². The lowest BCUT2D eigenvalue weighted by Crippen LogP contribution is -2.17. The summed E-state index contributed by atoms with van der Waals surface area (Å²) in [5, 5.41) is 5.46. The molecule has 4 heteroatoms. The standard InChI is InChI=1S/C14H15BrFNS/c1-9-3-4-11(5-14(9)16)10(2)17-7-13-6-12(15)8-18-13/h3-6,8,10,17H,7H2,1-2H3. The quantitative estimate of drug-likeness (QED) is 0.849. The van der Waals surface area contributed by atoms with E-state index in [1.54, 1.807) is 24.3 Å². The van der Waals surface area contributed by atoms with Crippen molar-refractivity contribution in [3.05, 3.63) is 55.9 Å². The lowest BCUT2D eigenvalue weighted by Gasteiger charge is -2.14. The first-order chi connectivity index (χ1) is 8.56. The second kappa shape index (κ2) is 5.95. The van der Waals surface area contributed by atoms with Crippen molar-refractivity contribution >= 4 is 27.3 Å². The van der Waals surface area contributed by atoms with Crippen LogP contribution >= 0.6 is 27.3 Å². The lowest BCUT2D eigenvalue weighted by molar-refractivity contribution is 0.566. The smallest absolute Gasteiger partial charge is 0.126 e. The van der Waals surface area contributed by atoms with Crippen molar-refractivity contribution in [1.29, 1.82) is 0 Å². The topological polar surface area (TPSA) is 12.0 Å². The Balaban J connectivity index is 1.99. The lowest BCUT2D eigenvalue weighted by atomic mass is 10.1. The van der Waals surface area contributed by atoms with Crippen LogP contribution in [-0.4, -0.2) is 0 Å². The van der Waals surface area contributed by atoms with Gasteiger partial charge in [0.15, 0.2) is 0 Å². The number of halogens is 2. The van der Waals surface area contributed by atoms with Gasteiger partial charge in [-0.05, 0) is 53.0 Å². The zero-order valence-corrected chi connectivity index (χ0v) is 12.7. The van der Waals surface area contributed by atoms with Gasteiger partial charge in [-0.2, -0.15) is 0 Å². The predicted octanol–water partition coefficient (Wildman–Crippen LogP) is 4.81. The van der Waals surface area contributed by atoms with Crippen LogP contribution in [0.3, 0.4) is 0 Å². The van der Waals surface area contributed by atoms with Gasteiger partial charge in [-0.25, -0.2) is 4.39 Å². The van der Waals surface area contributed by atoms with Crippen molar-refractivity contribution in [1.82, 2.24) is 5.32 Å². The Morgan fingerprint density at radius 3 is 2.78 bits per heavy atom. The average molecular weight is 328 g/mol. The molecule has 0 saturated carbocycles. The van der Waals surface area contributed by atoms with Crippen LogP contribution in [0.2, 0.25) is 0 Å². The third-order valence-corrected chi connectivity index (χ3v) is 4.60. The molecule has 0 saturated heterocycles. The molecule has 1 nitrogen and oxygen atoms in total. The molecule has 1 aromatic carbocycles. The Morgan fingerprint density at radius 2 is 2.17 bits per heavy atom. The van der Waals surface area contributed by atoms with Crippen LogP contribution in [0.25, 0.3) is 0 Å². The van der Waals surface area contributed by atoms with Crippen molar-refractivity contribution < 1.29 is 4.39 Å². The number of hydrogen-bond donors (Lipinski definition) is 1. The van der Waals surface area contributed by atoms with Gasteiger partial charge in [-0.1, -0.05) is 12.1 Å². The first-order valence-corrected chi connectivity index (χ1v) is 7.46. The molecule has 0 amide bonds. The molecule has 0 aliphatic carbocycles. The maximum Gasteiger partial charge on any atom is 0.126 e. The summed E-state index contributed by atoms with van der Waals surface area (Å²) in [6, 6.07) is 7.64. The van der Waals surface area contributed by atoms with Gasteiger partial charge in [0, 0.05) is 27.3 Å². The Labute approximate surface area is 119 Å². The molecule has 0 spiro atoms. The van der Waals surface area contributed by atoms with Gasteiger partial charge in [0.25, 0.3) is 0 Å². The van der Waals surface area contributed by atoms with E-state index in [2.05, 4.69) is 32.7 Å². The maximum absolute atomic E-state index is 13.5. The van der Waals surface area contributed by atoms with E-state index >= 15 is 0 Å². The number of aryl methyl sites for hydroxylation is 1. The van der Waals surface area contributed by atoms with E-state index in [-0.39, 0.29) is 11.9 Å². The second-order valence-electron chi connectivity index (χ2n) is 4.34. The molecule has 1 N–H and O–H groups in total. The number of nitrogens with one attached hydrogen (secondary N) is 1. The molecule has 18 heavy (non-hydrogen) atoms. The number of thiophene rings is 1. The first-order valence-electron chi connectivity index (χ1n) is 5.78. The van der Waals surface area contributed by atoms with Crippen LogP contribution < -0.4 is 5.32 Å². The molecule has 96 valence electrons. The molecule has 1 heterocycles. The maximum atomic E-state index is 13.5. The third kappa shape index (κ3) is 3.40.